The van der Waals surface area contributed by atoms with E-state index in [1.54, 1.807) is 28.9 Å². The SMILES string of the molecule is Cc1onc(C(=O)N2CCC(c3nc(C4CCOCC4)no3)C2)c1Cn1cc(Cl)cn1. The Morgan fingerprint density at radius 3 is 2.81 bits per heavy atom. The molecule has 0 saturated carbocycles. The highest BCUT2D eigenvalue weighted by molar-refractivity contribution is 6.30. The molecule has 1 unspecified atom stereocenters. The zero-order valence-electron chi connectivity index (χ0n) is 17.2. The third-order valence-electron chi connectivity index (χ3n) is 5.98. The fourth-order valence-corrected chi connectivity index (χ4v) is 4.32. The molecule has 0 spiro atoms. The van der Waals surface area contributed by atoms with Crippen molar-refractivity contribution in [2.45, 2.75) is 44.6 Å². The summed E-state index contributed by atoms with van der Waals surface area (Å²) in [7, 11) is 0. The maximum absolute atomic E-state index is 13.2. The predicted molar refractivity (Wildman–Crippen MR) is 108 cm³/mol. The van der Waals surface area contributed by atoms with Crippen molar-refractivity contribution in [2.24, 2.45) is 0 Å². The van der Waals surface area contributed by atoms with E-state index in [0.717, 1.165) is 38.3 Å². The molecule has 2 saturated heterocycles. The number of likely N-dealkylation sites (tertiary alicyclic amines) is 1. The van der Waals surface area contributed by atoms with E-state index in [9.17, 15) is 4.79 Å². The maximum Gasteiger partial charge on any atom is 0.276 e. The van der Waals surface area contributed by atoms with Crippen molar-refractivity contribution in [2.75, 3.05) is 26.3 Å². The molecule has 11 heteroatoms. The molecule has 0 N–H and O–H groups in total. The average Bonchev–Trinajstić information content (AvgIpc) is 3.57. The lowest BCUT2D eigenvalue weighted by Crippen LogP contribution is -2.29. The number of ether oxygens (including phenoxy) is 1. The standard InChI is InChI=1S/C20H23ClN6O4/c1-12-16(11-27-10-15(21)8-22-27)17(24-30-12)20(28)26-5-2-14(9-26)19-23-18(25-31-19)13-3-6-29-7-4-13/h8,10,13-14H,2-7,9,11H2,1H3. The number of hydrogen-bond acceptors (Lipinski definition) is 8. The minimum Gasteiger partial charge on any atom is -0.381 e. The Kier molecular flexibility index (Phi) is 5.49. The van der Waals surface area contributed by atoms with Crippen molar-refractivity contribution in [3.63, 3.8) is 0 Å². The Hall–Kier alpha value is -2.72. The average molecular weight is 447 g/mol. The number of halogens is 1. The zero-order valence-corrected chi connectivity index (χ0v) is 17.9. The van der Waals surface area contributed by atoms with Crippen LogP contribution >= 0.6 is 11.6 Å². The van der Waals surface area contributed by atoms with Gasteiger partial charge in [-0.25, -0.2) is 0 Å². The van der Waals surface area contributed by atoms with E-state index >= 15 is 0 Å². The first kappa shape index (κ1) is 20.2. The van der Waals surface area contributed by atoms with E-state index in [2.05, 4.69) is 20.4 Å². The van der Waals surface area contributed by atoms with E-state index in [0.29, 0.717) is 47.6 Å². The molecule has 164 valence electrons. The summed E-state index contributed by atoms with van der Waals surface area (Å²) in [5, 5.41) is 12.9. The molecule has 2 aliphatic heterocycles. The summed E-state index contributed by atoms with van der Waals surface area (Å²) >= 11 is 5.95. The molecule has 10 nitrogen and oxygen atoms in total. The van der Waals surface area contributed by atoms with Crippen LogP contribution in [-0.4, -0.2) is 62.2 Å². The number of rotatable bonds is 5. The van der Waals surface area contributed by atoms with Gasteiger partial charge in [-0.1, -0.05) is 21.9 Å². The lowest BCUT2D eigenvalue weighted by molar-refractivity contribution is 0.0778. The van der Waals surface area contributed by atoms with Crippen molar-refractivity contribution in [1.82, 2.24) is 30.0 Å². The number of carbonyl (C=O) groups excluding carboxylic acids is 1. The molecule has 3 aromatic heterocycles. The molecule has 1 amide bonds. The molecule has 31 heavy (non-hydrogen) atoms. The predicted octanol–water partition coefficient (Wildman–Crippen LogP) is 2.79. The number of aromatic nitrogens is 5. The van der Waals surface area contributed by atoms with Crippen LogP contribution in [0.2, 0.25) is 5.02 Å². The van der Waals surface area contributed by atoms with E-state index in [1.807, 2.05) is 0 Å². The van der Waals surface area contributed by atoms with Crippen molar-refractivity contribution in [3.8, 4) is 0 Å². The largest absolute Gasteiger partial charge is 0.381 e. The first-order valence-electron chi connectivity index (χ1n) is 10.4. The molecule has 0 aromatic carbocycles. The third-order valence-corrected chi connectivity index (χ3v) is 6.17. The number of carbonyl (C=O) groups is 1. The van der Waals surface area contributed by atoms with E-state index in [4.69, 9.17) is 25.4 Å². The Morgan fingerprint density at radius 2 is 2.03 bits per heavy atom. The van der Waals surface area contributed by atoms with Gasteiger partial charge in [0.15, 0.2) is 11.5 Å². The molecular weight excluding hydrogens is 424 g/mol. The van der Waals surface area contributed by atoms with Gasteiger partial charge in [0.25, 0.3) is 5.91 Å². The van der Waals surface area contributed by atoms with Crippen LogP contribution in [-0.2, 0) is 11.3 Å². The number of aryl methyl sites for hydroxylation is 1. The number of nitrogens with zero attached hydrogens (tertiary/aromatic N) is 6. The zero-order chi connectivity index (χ0) is 21.4. The number of hydrogen-bond donors (Lipinski definition) is 0. The molecule has 5 heterocycles. The highest BCUT2D eigenvalue weighted by Crippen LogP contribution is 2.31. The Labute approximate surface area is 183 Å². The summed E-state index contributed by atoms with van der Waals surface area (Å²) in [6.45, 7) is 4.70. The lowest BCUT2D eigenvalue weighted by atomic mass is 10.00. The summed E-state index contributed by atoms with van der Waals surface area (Å²) < 4.78 is 17.9. The minimum atomic E-state index is -0.170. The monoisotopic (exact) mass is 446 g/mol. The Morgan fingerprint density at radius 1 is 1.19 bits per heavy atom. The highest BCUT2D eigenvalue weighted by atomic mass is 35.5. The van der Waals surface area contributed by atoms with Gasteiger partial charge in [0.05, 0.1) is 23.7 Å². The van der Waals surface area contributed by atoms with Crippen LogP contribution in [0.4, 0.5) is 0 Å². The van der Waals surface area contributed by atoms with Crippen LogP contribution in [0.1, 0.15) is 64.6 Å². The second-order valence-corrected chi connectivity index (χ2v) is 8.47. The van der Waals surface area contributed by atoms with Crippen LogP contribution in [0.5, 0.6) is 0 Å². The highest BCUT2D eigenvalue weighted by Gasteiger charge is 2.35. The first-order chi connectivity index (χ1) is 15.1. The topological polar surface area (TPSA) is 112 Å². The second kappa shape index (κ2) is 8.43. The molecule has 0 radical (unpaired) electrons. The van der Waals surface area contributed by atoms with Gasteiger partial charge >= 0.3 is 0 Å². The van der Waals surface area contributed by atoms with Gasteiger partial charge in [0, 0.05) is 44.0 Å². The molecule has 0 bridgehead atoms. The normalized spacial score (nSPS) is 19.9. The van der Waals surface area contributed by atoms with Crippen LogP contribution < -0.4 is 0 Å². The van der Waals surface area contributed by atoms with Crippen LogP contribution in [0.3, 0.4) is 0 Å². The van der Waals surface area contributed by atoms with E-state index in [1.165, 1.54) is 0 Å². The van der Waals surface area contributed by atoms with Gasteiger partial charge in [0.1, 0.15) is 5.76 Å². The molecular formula is C20H23ClN6O4. The summed E-state index contributed by atoms with van der Waals surface area (Å²) in [6.07, 6.45) is 5.83. The third kappa shape index (κ3) is 4.09. The summed E-state index contributed by atoms with van der Waals surface area (Å²) in [5.74, 6) is 2.06. The van der Waals surface area contributed by atoms with Crippen LogP contribution in [0.15, 0.2) is 21.4 Å². The summed E-state index contributed by atoms with van der Waals surface area (Å²) in [6, 6.07) is 0. The van der Waals surface area contributed by atoms with Gasteiger partial charge in [-0.15, -0.1) is 0 Å². The maximum atomic E-state index is 13.2. The molecule has 3 aromatic rings. The van der Waals surface area contributed by atoms with Crippen molar-refractivity contribution in [1.29, 1.82) is 0 Å². The molecule has 2 fully saturated rings. The van der Waals surface area contributed by atoms with Gasteiger partial charge in [0.2, 0.25) is 5.89 Å². The Balaban J connectivity index is 1.27. The van der Waals surface area contributed by atoms with E-state index < -0.39 is 0 Å². The number of amides is 1. The van der Waals surface area contributed by atoms with Gasteiger partial charge in [-0.05, 0) is 26.2 Å². The van der Waals surface area contributed by atoms with Crippen molar-refractivity contribution < 1.29 is 18.6 Å². The first-order valence-corrected chi connectivity index (χ1v) is 10.8. The lowest BCUT2D eigenvalue weighted by Gasteiger charge is -2.18. The fourth-order valence-electron chi connectivity index (χ4n) is 4.16. The molecule has 5 rings (SSSR count). The van der Waals surface area contributed by atoms with E-state index in [-0.39, 0.29) is 17.7 Å². The fraction of sp³-hybridized carbons (Fsp3) is 0.550. The minimum absolute atomic E-state index is 0.0198. The quantitative estimate of drug-likeness (QED) is 0.588. The smallest absolute Gasteiger partial charge is 0.276 e. The van der Waals surface area contributed by atoms with Gasteiger partial charge < -0.3 is 18.7 Å². The summed E-state index contributed by atoms with van der Waals surface area (Å²) in [4.78, 5) is 19.6. The molecule has 2 aliphatic rings. The Bertz CT molecular complexity index is 1070. The van der Waals surface area contributed by atoms with Gasteiger partial charge in [-0.2, -0.15) is 10.1 Å². The summed E-state index contributed by atoms with van der Waals surface area (Å²) in [5.41, 5.74) is 1.01. The van der Waals surface area contributed by atoms with Crippen LogP contribution in [0, 0.1) is 6.92 Å². The molecule has 1 atom stereocenters. The van der Waals surface area contributed by atoms with Crippen molar-refractivity contribution in [3.05, 3.63) is 46.1 Å². The molecule has 0 aliphatic carbocycles. The van der Waals surface area contributed by atoms with Gasteiger partial charge in [-0.3, -0.25) is 9.48 Å². The van der Waals surface area contributed by atoms with Crippen LogP contribution in [0.25, 0.3) is 0 Å². The second-order valence-electron chi connectivity index (χ2n) is 8.04. The van der Waals surface area contributed by atoms with Crippen molar-refractivity contribution >= 4 is 17.5 Å².